The number of benzene rings is 2. The van der Waals surface area contributed by atoms with E-state index in [4.69, 9.17) is 16.3 Å². The summed E-state index contributed by atoms with van der Waals surface area (Å²) in [5.41, 5.74) is 2.18. The van der Waals surface area contributed by atoms with E-state index < -0.39 is 0 Å². The van der Waals surface area contributed by atoms with Crippen LogP contribution in [0.15, 0.2) is 46.9 Å². The maximum atomic E-state index is 12.1. The van der Waals surface area contributed by atoms with Gasteiger partial charge in [-0.15, -0.1) is 11.6 Å². The summed E-state index contributed by atoms with van der Waals surface area (Å²) in [4.78, 5) is 12.1. The van der Waals surface area contributed by atoms with Gasteiger partial charge >= 0.3 is 0 Å². The second-order valence-electron chi connectivity index (χ2n) is 4.14. The van der Waals surface area contributed by atoms with Crippen LogP contribution in [0, 0.1) is 0 Å². The van der Waals surface area contributed by atoms with Gasteiger partial charge in [0.25, 0.3) is 5.91 Å². The number of halogens is 2. The molecule has 1 amide bonds. The molecule has 104 valence electrons. The predicted octanol–water partition coefficient (Wildman–Crippen LogP) is 4.45. The molecule has 0 bridgehead atoms. The van der Waals surface area contributed by atoms with Crippen LogP contribution in [0.3, 0.4) is 0 Å². The lowest BCUT2D eigenvalue weighted by atomic mass is 10.1. The number of ether oxygens (including phenoxy) is 1. The molecule has 0 aromatic heterocycles. The van der Waals surface area contributed by atoms with Gasteiger partial charge in [0, 0.05) is 17.1 Å². The highest BCUT2D eigenvalue weighted by Gasteiger charge is 2.08. The molecule has 20 heavy (non-hydrogen) atoms. The van der Waals surface area contributed by atoms with Gasteiger partial charge in [0.05, 0.1) is 11.6 Å². The first-order valence-corrected chi connectivity index (χ1v) is 7.26. The normalized spacial score (nSPS) is 10.2. The lowest BCUT2D eigenvalue weighted by molar-refractivity contribution is 0.102. The van der Waals surface area contributed by atoms with E-state index in [-0.39, 0.29) is 5.91 Å². The van der Waals surface area contributed by atoms with E-state index in [0.717, 1.165) is 10.0 Å². The number of rotatable bonds is 4. The van der Waals surface area contributed by atoms with Crippen molar-refractivity contribution in [3.8, 4) is 5.75 Å². The first kappa shape index (κ1) is 14.9. The SMILES string of the molecule is COc1ccc(NC(=O)c2cccc(CCl)c2)cc1Br. The summed E-state index contributed by atoms with van der Waals surface area (Å²) in [5, 5.41) is 2.83. The molecule has 0 spiro atoms. The van der Waals surface area contributed by atoms with Gasteiger partial charge in [0.1, 0.15) is 5.75 Å². The van der Waals surface area contributed by atoms with Gasteiger partial charge < -0.3 is 10.1 Å². The molecule has 0 radical (unpaired) electrons. The maximum Gasteiger partial charge on any atom is 0.255 e. The third kappa shape index (κ3) is 3.52. The fourth-order valence-corrected chi connectivity index (χ4v) is 2.45. The molecule has 0 aliphatic heterocycles. The van der Waals surface area contributed by atoms with E-state index in [1.807, 2.05) is 12.1 Å². The molecule has 2 aromatic rings. The summed E-state index contributed by atoms with van der Waals surface area (Å²) in [7, 11) is 1.59. The molecule has 0 atom stereocenters. The van der Waals surface area contributed by atoms with Crippen molar-refractivity contribution >= 4 is 39.1 Å². The van der Waals surface area contributed by atoms with Crippen LogP contribution < -0.4 is 10.1 Å². The molecule has 5 heteroatoms. The summed E-state index contributed by atoms with van der Waals surface area (Å²) in [5.74, 6) is 0.927. The molecular weight excluding hydrogens is 342 g/mol. The molecule has 0 saturated carbocycles. The topological polar surface area (TPSA) is 38.3 Å². The van der Waals surface area contributed by atoms with Crippen LogP contribution >= 0.6 is 27.5 Å². The average Bonchev–Trinajstić information content (AvgIpc) is 2.47. The van der Waals surface area contributed by atoms with Crippen molar-refractivity contribution in [1.29, 1.82) is 0 Å². The number of carbonyl (C=O) groups excluding carboxylic acids is 1. The number of amides is 1. The van der Waals surface area contributed by atoms with Crippen molar-refractivity contribution in [2.75, 3.05) is 12.4 Å². The number of methoxy groups -OCH3 is 1. The van der Waals surface area contributed by atoms with Crippen molar-refractivity contribution in [1.82, 2.24) is 0 Å². The van der Waals surface area contributed by atoms with Gasteiger partial charge in [-0.3, -0.25) is 4.79 Å². The Kier molecular flexibility index (Phi) is 5.04. The standard InChI is InChI=1S/C15H13BrClNO2/c1-20-14-6-5-12(8-13(14)16)18-15(19)11-4-2-3-10(7-11)9-17/h2-8H,9H2,1H3,(H,18,19). The minimum Gasteiger partial charge on any atom is -0.496 e. The van der Waals surface area contributed by atoms with Crippen molar-refractivity contribution in [2.24, 2.45) is 0 Å². The third-order valence-electron chi connectivity index (χ3n) is 2.75. The minimum absolute atomic E-state index is 0.172. The minimum atomic E-state index is -0.172. The lowest BCUT2D eigenvalue weighted by Crippen LogP contribution is -2.12. The van der Waals surface area contributed by atoms with E-state index in [9.17, 15) is 4.79 Å². The van der Waals surface area contributed by atoms with Gasteiger partial charge in [0.15, 0.2) is 0 Å². The zero-order valence-corrected chi connectivity index (χ0v) is 13.2. The summed E-state index contributed by atoms with van der Waals surface area (Å²) in [6, 6.07) is 12.6. The van der Waals surface area contributed by atoms with Crippen molar-refractivity contribution in [3.63, 3.8) is 0 Å². The number of carbonyl (C=O) groups is 1. The Labute approximate surface area is 131 Å². The maximum absolute atomic E-state index is 12.1. The van der Waals surface area contributed by atoms with Gasteiger partial charge in [0.2, 0.25) is 0 Å². The van der Waals surface area contributed by atoms with Crippen LogP contribution in [0.4, 0.5) is 5.69 Å². The summed E-state index contributed by atoms with van der Waals surface area (Å²) < 4.78 is 5.93. The summed E-state index contributed by atoms with van der Waals surface area (Å²) in [6.45, 7) is 0. The fraction of sp³-hybridized carbons (Fsp3) is 0.133. The first-order chi connectivity index (χ1) is 9.63. The zero-order valence-electron chi connectivity index (χ0n) is 10.8. The molecule has 3 nitrogen and oxygen atoms in total. The Balaban J connectivity index is 2.16. The highest BCUT2D eigenvalue weighted by molar-refractivity contribution is 9.10. The Bertz CT molecular complexity index is 631. The highest BCUT2D eigenvalue weighted by Crippen LogP contribution is 2.27. The predicted molar refractivity (Wildman–Crippen MR) is 84.6 cm³/mol. The molecule has 0 aliphatic rings. The average molecular weight is 355 g/mol. The van der Waals surface area contributed by atoms with Gasteiger partial charge in [-0.2, -0.15) is 0 Å². The van der Waals surface area contributed by atoms with Crippen LogP contribution in [0.5, 0.6) is 5.75 Å². The third-order valence-corrected chi connectivity index (χ3v) is 3.68. The van der Waals surface area contributed by atoms with Gasteiger partial charge in [-0.25, -0.2) is 0 Å². The van der Waals surface area contributed by atoms with Crippen LogP contribution in [0.1, 0.15) is 15.9 Å². The number of nitrogens with one attached hydrogen (secondary N) is 1. The van der Waals surface area contributed by atoms with Crippen molar-refractivity contribution in [3.05, 3.63) is 58.1 Å². The summed E-state index contributed by atoms with van der Waals surface area (Å²) >= 11 is 9.15. The van der Waals surface area contributed by atoms with E-state index in [2.05, 4.69) is 21.2 Å². The Morgan fingerprint density at radius 2 is 2.10 bits per heavy atom. The van der Waals surface area contributed by atoms with Crippen LogP contribution in [0.2, 0.25) is 0 Å². The van der Waals surface area contributed by atoms with Crippen molar-refractivity contribution in [2.45, 2.75) is 5.88 Å². The summed E-state index contributed by atoms with van der Waals surface area (Å²) in [6.07, 6.45) is 0. The molecule has 2 aromatic carbocycles. The number of anilines is 1. The van der Waals surface area contributed by atoms with E-state index >= 15 is 0 Å². The lowest BCUT2D eigenvalue weighted by Gasteiger charge is -2.08. The smallest absolute Gasteiger partial charge is 0.255 e. The number of hydrogen-bond acceptors (Lipinski definition) is 2. The second kappa shape index (κ2) is 6.77. The van der Waals surface area contributed by atoms with Gasteiger partial charge in [-0.05, 0) is 51.8 Å². The molecule has 2 rings (SSSR count). The monoisotopic (exact) mass is 353 g/mol. The number of hydrogen-bond donors (Lipinski definition) is 1. The zero-order chi connectivity index (χ0) is 14.5. The second-order valence-corrected chi connectivity index (χ2v) is 5.26. The Hall–Kier alpha value is -1.52. The Morgan fingerprint density at radius 1 is 1.30 bits per heavy atom. The molecule has 0 saturated heterocycles. The van der Waals surface area contributed by atoms with Crippen LogP contribution in [0.25, 0.3) is 0 Å². The van der Waals surface area contributed by atoms with E-state index in [1.165, 1.54) is 0 Å². The van der Waals surface area contributed by atoms with Crippen LogP contribution in [-0.2, 0) is 5.88 Å². The molecule has 0 unspecified atom stereocenters. The quantitative estimate of drug-likeness (QED) is 0.824. The first-order valence-electron chi connectivity index (χ1n) is 5.94. The van der Waals surface area contributed by atoms with Gasteiger partial charge in [-0.1, -0.05) is 12.1 Å². The van der Waals surface area contributed by atoms with E-state index in [1.54, 1.807) is 37.4 Å². The largest absolute Gasteiger partial charge is 0.496 e. The molecule has 0 fully saturated rings. The number of alkyl halides is 1. The molecule has 1 N–H and O–H groups in total. The fourth-order valence-electron chi connectivity index (χ4n) is 1.74. The van der Waals surface area contributed by atoms with Crippen LogP contribution in [-0.4, -0.2) is 13.0 Å². The molecular formula is C15H13BrClNO2. The highest BCUT2D eigenvalue weighted by atomic mass is 79.9. The van der Waals surface area contributed by atoms with Crippen molar-refractivity contribution < 1.29 is 9.53 Å². The molecule has 0 heterocycles. The van der Waals surface area contributed by atoms with E-state index in [0.29, 0.717) is 22.9 Å². The Morgan fingerprint density at radius 3 is 2.75 bits per heavy atom. The molecule has 0 aliphatic carbocycles.